The first-order valence-electron chi connectivity index (χ1n) is 10.6. The summed E-state index contributed by atoms with van der Waals surface area (Å²) in [7, 11) is 0. The minimum absolute atomic E-state index is 0.0197. The van der Waals surface area contributed by atoms with Gasteiger partial charge in [0.1, 0.15) is 5.75 Å². The minimum Gasteiger partial charge on any atom is -0.422 e. The Morgan fingerprint density at radius 2 is 1.75 bits per heavy atom. The van der Waals surface area contributed by atoms with Gasteiger partial charge in [-0.15, -0.1) is 0 Å². The van der Waals surface area contributed by atoms with E-state index in [-0.39, 0.29) is 45.0 Å². The van der Waals surface area contributed by atoms with E-state index in [2.05, 4.69) is 15.8 Å². The molecule has 0 saturated heterocycles. The molecule has 11 heteroatoms. The van der Waals surface area contributed by atoms with Gasteiger partial charge in [-0.3, -0.25) is 19.7 Å². The number of carbonyl (C=O) groups is 3. The van der Waals surface area contributed by atoms with Crippen LogP contribution in [0.1, 0.15) is 40.1 Å². The Balaban J connectivity index is 1.74. The van der Waals surface area contributed by atoms with Crippen LogP contribution in [0.25, 0.3) is 0 Å². The average molecular weight is 509 g/mol. The van der Waals surface area contributed by atoms with Crippen molar-refractivity contribution in [2.45, 2.75) is 13.8 Å². The number of amides is 2. The van der Waals surface area contributed by atoms with E-state index in [1.54, 1.807) is 38.1 Å². The number of hydrogen-bond acceptors (Lipinski definition) is 7. The Morgan fingerprint density at radius 3 is 2.39 bits per heavy atom. The van der Waals surface area contributed by atoms with Gasteiger partial charge < -0.3 is 10.1 Å². The van der Waals surface area contributed by atoms with Crippen LogP contribution in [0.15, 0.2) is 71.8 Å². The molecule has 0 fully saturated rings. The van der Waals surface area contributed by atoms with Crippen molar-refractivity contribution >= 4 is 47.0 Å². The summed E-state index contributed by atoms with van der Waals surface area (Å²) < 4.78 is 5.37. The van der Waals surface area contributed by atoms with Gasteiger partial charge in [0.05, 0.1) is 21.7 Å². The van der Waals surface area contributed by atoms with Crippen LogP contribution in [-0.2, 0) is 4.79 Å². The Labute approximate surface area is 211 Å². The topological polar surface area (TPSA) is 140 Å². The monoisotopic (exact) mass is 508 g/mol. The van der Waals surface area contributed by atoms with Crippen molar-refractivity contribution in [3.8, 4) is 5.75 Å². The van der Waals surface area contributed by atoms with Crippen LogP contribution in [0.3, 0.4) is 0 Å². The predicted molar refractivity (Wildman–Crippen MR) is 134 cm³/mol. The number of non-ortho nitro benzene ring substituents is 1. The molecule has 0 spiro atoms. The van der Waals surface area contributed by atoms with Crippen molar-refractivity contribution in [3.05, 3.63) is 98.6 Å². The fourth-order valence-electron chi connectivity index (χ4n) is 2.84. The molecule has 10 nitrogen and oxygen atoms in total. The van der Waals surface area contributed by atoms with Gasteiger partial charge >= 0.3 is 5.97 Å². The summed E-state index contributed by atoms with van der Waals surface area (Å²) in [6.07, 6.45) is 1.12. The largest absolute Gasteiger partial charge is 0.422 e. The van der Waals surface area contributed by atoms with Crippen molar-refractivity contribution in [1.82, 2.24) is 5.43 Å². The maximum absolute atomic E-state index is 12.5. The number of nitro benzene ring substituents is 1. The van der Waals surface area contributed by atoms with E-state index in [4.69, 9.17) is 16.3 Å². The molecular weight excluding hydrogens is 488 g/mol. The summed E-state index contributed by atoms with van der Waals surface area (Å²) in [6.45, 7) is 3.53. The first-order valence-corrected chi connectivity index (χ1v) is 11.0. The highest BCUT2D eigenvalue weighted by Crippen LogP contribution is 2.25. The third-order valence-electron chi connectivity index (χ3n) is 4.81. The minimum atomic E-state index is -0.766. The van der Waals surface area contributed by atoms with Crippen LogP contribution in [0.4, 0.5) is 11.4 Å². The number of ether oxygens (including phenoxy) is 1. The van der Waals surface area contributed by atoms with Gasteiger partial charge in [0.25, 0.3) is 11.6 Å². The van der Waals surface area contributed by atoms with Gasteiger partial charge in [-0.05, 0) is 42.5 Å². The average Bonchev–Trinajstić information content (AvgIpc) is 2.85. The highest BCUT2D eigenvalue weighted by atomic mass is 35.5. The van der Waals surface area contributed by atoms with Gasteiger partial charge in [-0.1, -0.05) is 37.6 Å². The molecule has 184 valence electrons. The molecule has 3 aromatic rings. The van der Waals surface area contributed by atoms with E-state index in [0.29, 0.717) is 5.69 Å². The van der Waals surface area contributed by atoms with Crippen LogP contribution in [0, 0.1) is 16.0 Å². The number of nitrogens with zero attached hydrogens (tertiary/aromatic N) is 2. The number of hydrogen-bond donors (Lipinski definition) is 2. The lowest BCUT2D eigenvalue weighted by atomic mass is 10.1. The van der Waals surface area contributed by atoms with Gasteiger partial charge in [-0.2, -0.15) is 5.10 Å². The molecule has 0 bridgehead atoms. The Hall–Kier alpha value is -4.57. The van der Waals surface area contributed by atoms with Gasteiger partial charge in [-0.25, -0.2) is 10.2 Å². The number of anilines is 1. The maximum Gasteiger partial charge on any atom is 0.345 e. The standard InChI is InChI=1S/C25H21ClN4O6/c1-15(2)23(31)28-18-9-7-16(8-10-18)24(32)29-27-14-17-13-19(30(34)35)11-12-22(17)36-25(33)20-5-3-4-6-21(20)26/h3-15H,1-2H3,(H,28,31)(H,29,32)/b27-14+. The molecule has 0 aliphatic carbocycles. The molecular formula is C25H21ClN4O6. The molecule has 36 heavy (non-hydrogen) atoms. The number of rotatable bonds is 8. The lowest BCUT2D eigenvalue weighted by Crippen LogP contribution is -2.19. The Kier molecular flexibility index (Phi) is 8.48. The second-order valence-corrected chi connectivity index (χ2v) is 8.18. The zero-order valence-electron chi connectivity index (χ0n) is 19.2. The number of nitrogens with one attached hydrogen (secondary N) is 2. The summed E-state index contributed by atoms with van der Waals surface area (Å²) in [6, 6.07) is 16.0. The maximum atomic E-state index is 12.5. The SMILES string of the molecule is CC(C)C(=O)Nc1ccc(C(=O)N/N=C/c2cc([N+](=O)[O-])ccc2OC(=O)c2ccccc2Cl)cc1. The highest BCUT2D eigenvalue weighted by Gasteiger charge is 2.17. The predicted octanol–water partition coefficient (Wildman–Crippen LogP) is 4.83. The molecule has 0 aromatic heterocycles. The van der Waals surface area contributed by atoms with E-state index in [0.717, 1.165) is 12.3 Å². The molecule has 3 aromatic carbocycles. The van der Waals surface area contributed by atoms with Gasteiger partial charge in [0.15, 0.2) is 0 Å². The third-order valence-corrected chi connectivity index (χ3v) is 5.14. The zero-order valence-corrected chi connectivity index (χ0v) is 20.0. The van der Waals surface area contributed by atoms with Crippen molar-refractivity contribution in [1.29, 1.82) is 0 Å². The number of carbonyl (C=O) groups excluding carboxylic acids is 3. The number of benzene rings is 3. The molecule has 2 N–H and O–H groups in total. The number of esters is 1. The summed E-state index contributed by atoms with van der Waals surface area (Å²) in [5.41, 5.74) is 3.04. The van der Waals surface area contributed by atoms with Crippen molar-refractivity contribution in [2.75, 3.05) is 5.32 Å². The van der Waals surface area contributed by atoms with Crippen molar-refractivity contribution in [2.24, 2.45) is 11.0 Å². The molecule has 0 radical (unpaired) electrons. The summed E-state index contributed by atoms with van der Waals surface area (Å²) >= 11 is 6.03. The summed E-state index contributed by atoms with van der Waals surface area (Å²) in [5.74, 6) is -1.69. The molecule has 2 amide bonds. The molecule has 0 saturated carbocycles. The van der Waals surface area contributed by atoms with Gasteiger partial charge in [0.2, 0.25) is 5.91 Å². The van der Waals surface area contributed by atoms with Crippen LogP contribution in [0.5, 0.6) is 5.75 Å². The van der Waals surface area contributed by atoms with E-state index >= 15 is 0 Å². The van der Waals surface area contributed by atoms with Crippen LogP contribution in [-0.4, -0.2) is 28.9 Å². The van der Waals surface area contributed by atoms with Crippen LogP contribution < -0.4 is 15.5 Å². The second-order valence-electron chi connectivity index (χ2n) is 7.77. The Morgan fingerprint density at radius 1 is 1.06 bits per heavy atom. The third kappa shape index (κ3) is 6.73. The molecule has 0 heterocycles. The summed E-state index contributed by atoms with van der Waals surface area (Å²) in [4.78, 5) is 47.3. The smallest absolute Gasteiger partial charge is 0.345 e. The van der Waals surface area contributed by atoms with Crippen molar-refractivity contribution in [3.63, 3.8) is 0 Å². The lowest BCUT2D eigenvalue weighted by Gasteiger charge is -2.09. The molecule has 0 aliphatic rings. The fourth-order valence-corrected chi connectivity index (χ4v) is 3.05. The van der Waals surface area contributed by atoms with Gasteiger partial charge in [0, 0.05) is 34.9 Å². The number of nitro groups is 1. The quantitative estimate of drug-likeness (QED) is 0.147. The zero-order chi connectivity index (χ0) is 26.2. The molecule has 0 atom stereocenters. The van der Waals surface area contributed by atoms with E-state index in [9.17, 15) is 24.5 Å². The fraction of sp³-hybridized carbons (Fsp3) is 0.120. The highest BCUT2D eigenvalue weighted by molar-refractivity contribution is 6.33. The molecule has 0 aliphatic heterocycles. The van der Waals surface area contributed by atoms with E-state index in [1.165, 1.54) is 36.4 Å². The lowest BCUT2D eigenvalue weighted by molar-refractivity contribution is -0.384. The molecule has 3 rings (SSSR count). The molecule has 0 unspecified atom stereocenters. The first kappa shape index (κ1) is 26.0. The number of halogens is 1. The first-order chi connectivity index (χ1) is 17.2. The van der Waals surface area contributed by atoms with E-state index < -0.39 is 16.8 Å². The Bertz CT molecular complexity index is 1340. The normalized spacial score (nSPS) is 10.8. The second kappa shape index (κ2) is 11.7. The van der Waals surface area contributed by atoms with E-state index in [1.807, 2.05) is 0 Å². The summed E-state index contributed by atoms with van der Waals surface area (Å²) in [5, 5.41) is 17.9. The number of hydrazone groups is 1. The van der Waals surface area contributed by atoms with Crippen molar-refractivity contribution < 1.29 is 24.0 Å². The van der Waals surface area contributed by atoms with Crippen LogP contribution in [0.2, 0.25) is 5.02 Å². The van der Waals surface area contributed by atoms with Crippen LogP contribution >= 0.6 is 11.6 Å².